The molecular formula is C22H28N2O2S. The number of nitrogens with one attached hydrogen (secondary N) is 2. The summed E-state index contributed by atoms with van der Waals surface area (Å²) in [5.41, 5.74) is 3.25. The first-order valence-electron chi connectivity index (χ1n) is 9.17. The first-order valence-corrected chi connectivity index (χ1v) is 10.2. The fourth-order valence-corrected chi connectivity index (χ4v) is 3.30. The normalized spacial score (nSPS) is 11.1. The van der Waals surface area contributed by atoms with E-state index in [-0.39, 0.29) is 29.5 Å². The predicted molar refractivity (Wildman–Crippen MR) is 113 cm³/mol. The molecule has 0 fully saturated rings. The van der Waals surface area contributed by atoms with Gasteiger partial charge in [0.15, 0.2) is 0 Å². The van der Waals surface area contributed by atoms with Gasteiger partial charge in [-0.25, -0.2) is 0 Å². The van der Waals surface area contributed by atoms with E-state index in [0.717, 1.165) is 22.6 Å². The largest absolute Gasteiger partial charge is 0.346 e. The van der Waals surface area contributed by atoms with E-state index in [9.17, 15) is 9.59 Å². The van der Waals surface area contributed by atoms with Crippen LogP contribution in [0.4, 0.5) is 5.69 Å². The van der Waals surface area contributed by atoms with Crippen LogP contribution in [0.15, 0.2) is 53.4 Å². The van der Waals surface area contributed by atoms with E-state index in [2.05, 4.69) is 43.5 Å². The number of rotatable bonds is 7. The number of para-hydroxylation sites is 1. The average molecular weight is 385 g/mol. The number of thioether (sulfide) groups is 1. The van der Waals surface area contributed by atoms with Gasteiger partial charge in [0.2, 0.25) is 11.8 Å². The second-order valence-corrected chi connectivity index (χ2v) is 8.45. The van der Waals surface area contributed by atoms with Gasteiger partial charge in [-0.2, -0.15) is 0 Å². The fraction of sp³-hybridized carbons (Fsp3) is 0.364. The van der Waals surface area contributed by atoms with Crippen LogP contribution < -0.4 is 10.6 Å². The van der Waals surface area contributed by atoms with Gasteiger partial charge in [0.25, 0.3) is 0 Å². The topological polar surface area (TPSA) is 58.2 Å². The quantitative estimate of drug-likeness (QED) is 0.696. The number of amides is 2. The molecule has 4 nitrogen and oxygen atoms in total. The molecule has 0 saturated carbocycles. The summed E-state index contributed by atoms with van der Waals surface area (Å²) >= 11 is 1.47. The van der Waals surface area contributed by atoms with E-state index in [0.29, 0.717) is 0 Å². The number of hydrogen-bond acceptors (Lipinski definition) is 3. The number of benzene rings is 2. The maximum atomic E-state index is 12.1. The van der Waals surface area contributed by atoms with E-state index in [4.69, 9.17) is 0 Å². The van der Waals surface area contributed by atoms with Crippen molar-refractivity contribution >= 4 is 29.3 Å². The molecule has 0 unspecified atom stereocenters. The van der Waals surface area contributed by atoms with Crippen molar-refractivity contribution in [3.05, 3.63) is 59.7 Å². The Hall–Kier alpha value is -2.27. The van der Waals surface area contributed by atoms with Gasteiger partial charge in [-0.3, -0.25) is 9.59 Å². The highest BCUT2D eigenvalue weighted by Gasteiger charge is 2.13. The second-order valence-electron chi connectivity index (χ2n) is 7.40. The Morgan fingerprint density at radius 3 is 2.26 bits per heavy atom. The minimum Gasteiger partial charge on any atom is -0.346 e. The third-order valence-electron chi connectivity index (χ3n) is 4.21. The molecule has 0 aliphatic heterocycles. The first-order chi connectivity index (χ1) is 12.8. The van der Waals surface area contributed by atoms with E-state index < -0.39 is 0 Å². The van der Waals surface area contributed by atoms with Crippen molar-refractivity contribution in [2.75, 3.05) is 17.6 Å². The highest BCUT2D eigenvalue weighted by atomic mass is 32.2. The van der Waals surface area contributed by atoms with Crippen LogP contribution in [0.3, 0.4) is 0 Å². The molecule has 0 heterocycles. The number of carbonyl (C=O) groups excluding carboxylic acids is 2. The maximum absolute atomic E-state index is 12.1. The van der Waals surface area contributed by atoms with Crippen LogP contribution in [-0.4, -0.2) is 24.1 Å². The van der Waals surface area contributed by atoms with E-state index in [1.54, 1.807) is 0 Å². The van der Waals surface area contributed by atoms with Gasteiger partial charge in [-0.1, -0.05) is 58.0 Å². The minimum absolute atomic E-state index is 0.0274. The Kier molecular flexibility index (Phi) is 7.48. The Bertz CT molecular complexity index is 780. The van der Waals surface area contributed by atoms with Gasteiger partial charge in [0.1, 0.15) is 0 Å². The molecule has 27 heavy (non-hydrogen) atoms. The molecule has 2 rings (SSSR count). The van der Waals surface area contributed by atoms with Crippen molar-refractivity contribution in [1.82, 2.24) is 5.32 Å². The molecule has 2 aromatic rings. The van der Waals surface area contributed by atoms with Crippen LogP contribution in [0.2, 0.25) is 0 Å². The summed E-state index contributed by atoms with van der Waals surface area (Å²) in [6.07, 6.45) is 0.841. The standard InChI is InChI=1S/C22H28N2O2S/c1-5-16-8-6-7-9-19(16)24-20(25)14-23-21(26)15-27-18-12-10-17(11-13-18)22(2,3)4/h6-13H,5,14-15H2,1-4H3,(H,23,26)(H,24,25). The predicted octanol–water partition coefficient (Wildman–Crippen LogP) is 4.39. The van der Waals surface area contributed by atoms with Gasteiger partial charge in [0.05, 0.1) is 12.3 Å². The van der Waals surface area contributed by atoms with Crippen LogP contribution in [-0.2, 0) is 21.4 Å². The molecule has 0 aliphatic rings. The molecule has 0 atom stereocenters. The lowest BCUT2D eigenvalue weighted by atomic mass is 9.87. The minimum atomic E-state index is -0.219. The van der Waals surface area contributed by atoms with Crippen LogP contribution in [0.5, 0.6) is 0 Å². The Morgan fingerprint density at radius 1 is 0.963 bits per heavy atom. The number of hydrogen-bond donors (Lipinski definition) is 2. The smallest absolute Gasteiger partial charge is 0.243 e. The Labute approximate surface area is 166 Å². The third-order valence-corrected chi connectivity index (χ3v) is 5.22. The monoisotopic (exact) mass is 384 g/mol. The van der Waals surface area contributed by atoms with Crippen LogP contribution >= 0.6 is 11.8 Å². The molecule has 0 aliphatic carbocycles. The molecule has 144 valence electrons. The van der Waals surface area contributed by atoms with Crippen LogP contribution in [0, 0.1) is 0 Å². The molecule has 0 spiro atoms. The van der Waals surface area contributed by atoms with Gasteiger partial charge in [-0.15, -0.1) is 11.8 Å². The third kappa shape index (κ3) is 6.75. The zero-order valence-electron chi connectivity index (χ0n) is 16.5. The Balaban J connectivity index is 1.76. The van der Waals surface area contributed by atoms with E-state index in [1.807, 2.05) is 43.3 Å². The molecule has 2 amide bonds. The number of carbonyl (C=O) groups is 2. The lowest BCUT2D eigenvalue weighted by molar-refractivity contribution is -0.122. The first kappa shape index (κ1) is 21.0. The van der Waals surface area contributed by atoms with Crippen LogP contribution in [0.25, 0.3) is 0 Å². The summed E-state index contributed by atoms with van der Waals surface area (Å²) < 4.78 is 0. The van der Waals surface area contributed by atoms with E-state index >= 15 is 0 Å². The Morgan fingerprint density at radius 2 is 1.63 bits per heavy atom. The zero-order valence-corrected chi connectivity index (χ0v) is 17.3. The molecule has 2 aromatic carbocycles. The summed E-state index contributed by atoms with van der Waals surface area (Å²) in [4.78, 5) is 25.1. The van der Waals surface area contributed by atoms with Crippen molar-refractivity contribution in [2.24, 2.45) is 0 Å². The van der Waals surface area contributed by atoms with Gasteiger partial charge < -0.3 is 10.6 Å². The fourth-order valence-electron chi connectivity index (χ4n) is 2.57. The van der Waals surface area contributed by atoms with Crippen molar-refractivity contribution in [1.29, 1.82) is 0 Å². The molecule has 0 bridgehead atoms. The maximum Gasteiger partial charge on any atom is 0.243 e. The average Bonchev–Trinajstić information content (AvgIpc) is 2.64. The van der Waals surface area contributed by atoms with Crippen molar-refractivity contribution in [2.45, 2.75) is 44.4 Å². The molecular weight excluding hydrogens is 356 g/mol. The second kappa shape index (κ2) is 9.60. The highest BCUT2D eigenvalue weighted by Crippen LogP contribution is 2.25. The van der Waals surface area contributed by atoms with E-state index in [1.165, 1.54) is 17.3 Å². The molecule has 0 radical (unpaired) electrons. The number of aryl methyl sites for hydroxylation is 1. The molecule has 2 N–H and O–H groups in total. The van der Waals surface area contributed by atoms with Gasteiger partial charge in [-0.05, 0) is 41.2 Å². The molecule has 0 aromatic heterocycles. The van der Waals surface area contributed by atoms with Crippen molar-refractivity contribution in [3.63, 3.8) is 0 Å². The lowest BCUT2D eigenvalue weighted by Crippen LogP contribution is -2.34. The summed E-state index contributed by atoms with van der Waals surface area (Å²) in [6, 6.07) is 15.9. The highest BCUT2D eigenvalue weighted by molar-refractivity contribution is 8.00. The van der Waals surface area contributed by atoms with Gasteiger partial charge in [0, 0.05) is 10.6 Å². The van der Waals surface area contributed by atoms with Crippen LogP contribution in [0.1, 0.15) is 38.8 Å². The number of anilines is 1. The zero-order chi connectivity index (χ0) is 19.9. The summed E-state index contributed by atoms with van der Waals surface area (Å²) in [5, 5.41) is 5.52. The van der Waals surface area contributed by atoms with Gasteiger partial charge >= 0.3 is 0 Å². The SMILES string of the molecule is CCc1ccccc1NC(=O)CNC(=O)CSc1ccc(C(C)(C)C)cc1. The van der Waals surface area contributed by atoms with Crippen molar-refractivity contribution in [3.8, 4) is 0 Å². The molecule has 5 heteroatoms. The molecule has 0 saturated heterocycles. The lowest BCUT2D eigenvalue weighted by Gasteiger charge is -2.19. The summed E-state index contributed by atoms with van der Waals surface area (Å²) in [6.45, 7) is 8.53. The summed E-state index contributed by atoms with van der Waals surface area (Å²) in [5.74, 6) is -0.0872. The summed E-state index contributed by atoms with van der Waals surface area (Å²) in [7, 11) is 0. The van der Waals surface area contributed by atoms with Crippen molar-refractivity contribution < 1.29 is 9.59 Å².